The number of fused-ring (bicyclic) bond motifs is 1. The molecule has 1 saturated heterocycles. The quantitative estimate of drug-likeness (QED) is 0.806. The molecule has 1 amide bonds. The number of pyridine rings is 1. The van der Waals surface area contributed by atoms with Gasteiger partial charge in [0.15, 0.2) is 0 Å². The molecule has 0 saturated carbocycles. The van der Waals surface area contributed by atoms with Crippen LogP contribution in [0.4, 0.5) is 4.39 Å². The third kappa shape index (κ3) is 4.56. The lowest BCUT2D eigenvalue weighted by Crippen LogP contribution is -2.46. The first-order valence-electron chi connectivity index (χ1n) is 9.36. The second kappa shape index (κ2) is 8.56. The van der Waals surface area contributed by atoms with Gasteiger partial charge in [0.25, 0.3) is 5.91 Å². The minimum Gasteiger partial charge on any atom is -0.352 e. The third-order valence-corrected chi connectivity index (χ3v) is 4.99. The zero-order valence-corrected chi connectivity index (χ0v) is 15.6. The van der Waals surface area contributed by atoms with Crippen molar-refractivity contribution < 1.29 is 9.18 Å². The van der Waals surface area contributed by atoms with Crippen molar-refractivity contribution in [2.24, 2.45) is 0 Å². The molecule has 2 aromatic rings. The molecule has 0 spiro atoms. The predicted octanol–water partition coefficient (Wildman–Crippen LogP) is 2.44. The molecular formula is C20H27FN4O. The van der Waals surface area contributed by atoms with Crippen LogP contribution in [0.1, 0.15) is 29.4 Å². The molecule has 5 nitrogen and oxygen atoms in total. The van der Waals surface area contributed by atoms with E-state index < -0.39 is 0 Å². The van der Waals surface area contributed by atoms with Gasteiger partial charge in [0.1, 0.15) is 5.82 Å². The average molecular weight is 358 g/mol. The van der Waals surface area contributed by atoms with Crippen LogP contribution in [0, 0.1) is 12.7 Å². The van der Waals surface area contributed by atoms with Crippen LogP contribution in [0.5, 0.6) is 0 Å². The molecule has 0 aliphatic carbocycles. The number of aromatic nitrogens is 1. The van der Waals surface area contributed by atoms with Crippen molar-refractivity contribution in [1.29, 1.82) is 0 Å². The van der Waals surface area contributed by atoms with E-state index in [0.29, 0.717) is 28.7 Å². The number of hydrogen-bond donors (Lipinski definition) is 1. The van der Waals surface area contributed by atoms with E-state index >= 15 is 0 Å². The van der Waals surface area contributed by atoms with Crippen molar-refractivity contribution >= 4 is 16.8 Å². The smallest absolute Gasteiger partial charge is 0.252 e. The molecule has 1 aliphatic heterocycles. The van der Waals surface area contributed by atoms with E-state index in [0.717, 1.165) is 45.7 Å². The van der Waals surface area contributed by atoms with E-state index in [1.54, 1.807) is 12.1 Å². The summed E-state index contributed by atoms with van der Waals surface area (Å²) in [7, 11) is 0. The highest BCUT2D eigenvalue weighted by atomic mass is 19.1. The van der Waals surface area contributed by atoms with Crippen molar-refractivity contribution in [2.75, 3.05) is 45.8 Å². The van der Waals surface area contributed by atoms with Gasteiger partial charge in [-0.05, 0) is 44.6 Å². The topological polar surface area (TPSA) is 48.5 Å². The Labute approximate surface area is 154 Å². The Morgan fingerprint density at radius 2 is 1.92 bits per heavy atom. The first kappa shape index (κ1) is 18.7. The van der Waals surface area contributed by atoms with Crippen LogP contribution < -0.4 is 5.32 Å². The fourth-order valence-electron chi connectivity index (χ4n) is 3.45. The van der Waals surface area contributed by atoms with Crippen LogP contribution in [0.3, 0.4) is 0 Å². The van der Waals surface area contributed by atoms with E-state index in [2.05, 4.69) is 27.0 Å². The Hall–Kier alpha value is -2.05. The maximum absolute atomic E-state index is 13.4. The highest BCUT2D eigenvalue weighted by molar-refractivity contribution is 6.06. The Kier molecular flexibility index (Phi) is 6.16. The third-order valence-electron chi connectivity index (χ3n) is 4.99. The predicted molar refractivity (Wildman–Crippen MR) is 102 cm³/mol. The van der Waals surface area contributed by atoms with Crippen LogP contribution in [-0.2, 0) is 0 Å². The number of carbonyl (C=O) groups is 1. The number of amides is 1. The summed E-state index contributed by atoms with van der Waals surface area (Å²) in [6.07, 6.45) is 0.925. The standard InChI is InChI=1S/C20H27FN4O/c1-3-24-9-11-25(12-10-24)8-4-7-22-20(26)18-13-15(2)23-19-14-16(21)5-6-17(18)19/h5-6,13-14H,3-4,7-12H2,1-2H3,(H,22,26). The zero-order chi connectivity index (χ0) is 18.5. The summed E-state index contributed by atoms with van der Waals surface area (Å²) in [5.41, 5.74) is 1.79. The Bertz CT molecular complexity index is 766. The molecule has 0 unspecified atom stereocenters. The second-order valence-electron chi connectivity index (χ2n) is 6.86. The highest BCUT2D eigenvalue weighted by Gasteiger charge is 2.15. The van der Waals surface area contributed by atoms with Crippen molar-refractivity contribution in [3.63, 3.8) is 0 Å². The van der Waals surface area contributed by atoms with Gasteiger partial charge in [-0.25, -0.2) is 4.39 Å². The zero-order valence-electron chi connectivity index (χ0n) is 15.6. The van der Waals surface area contributed by atoms with Gasteiger partial charge in [0, 0.05) is 49.9 Å². The molecule has 6 heteroatoms. The van der Waals surface area contributed by atoms with Gasteiger partial charge in [-0.1, -0.05) is 6.92 Å². The van der Waals surface area contributed by atoms with E-state index in [4.69, 9.17) is 0 Å². The number of nitrogens with zero attached hydrogens (tertiary/aromatic N) is 3. The van der Waals surface area contributed by atoms with Gasteiger partial charge >= 0.3 is 0 Å². The number of piperazine rings is 1. The monoisotopic (exact) mass is 358 g/mol. The molecule has 0 radical (unpaired) electrons. The van der Waals surface area contributed by atoms with Crippen molar-refractivity contribution in [2.45, 2.75) is 20.3 Å². The van der Waals surface area contributed by atoms with Crippen LogP contribution >= 0.6 is 0 Å². The number of nitrogens with one attached hydrogen (secondary N) is 1. The lowest BCUT2D eigenvalue weighted by atomic mass is 10.1. The largest absolute Gasteiger partial charge is 0.352 e. The molecule has 1 N–H and O–H groups in total. The molecule has 140 valence electrons. The van der Waals surface area contributed by atoms with Crippen LogP contribution in [0.25, 0.3) is 10.9 Å². The van der Waals surface area contributed by atoms with Gasteiger partial charge in [-0.15, -0.1) is 0 Å². The van der Waals surface area contributed by atoms with Gasteiger partial charge < -0.3 is 15.1 Å². The Morgan fingerprint density at radius 3 is 2.65 bits per heavy atom. The number of carbonyl (C=O) groups excluding carboxylic acids is 1. The number of aryl methyl sites for hydroxylation is 1. The summed E-state index contributed by atoms with van der Waals surface area (Å²) in [4.78, 5) is 21.8. The van der Waals surface area contributed by atoms with Gasteiger partial charge in [0.05, 0.1) is 11.1 Å². The molecule has 26 heavy (non-hydrogen) atoms. The van der Waals surface area contributed by atoms with Crippen LogP contribution in [0.2, 0.25) is 0 Å². The summed E-state index contributed by atoms with van der Waals surface area (Å²) in [6.45, 7) is 11.2. The molecule has 1 aromatic carbocycles. The SMILES string of the molecule is CCN1CCN(CCCNC(=O)c2cc(C)nc3cc(F)ccc23)CC1. The number of likely N-dealkylation sites (N-methyl/N-ethyl adjacent to an activating group) is 1. The molecule has 1 fully saturated rings. The molecule has 3 rings (SSSR count). The Balaban J connectivity index is 1.53. The van der Waals surface area contributed by atoms with Crippen molar-refractivity contribution in [3.8, 4) is 0 Å². The summed E-state index contributed by atoms with van der Waals surface area (Å²) in [5, 5.41) is 3.68. The maximum atomic E-state index is 13.4. The van der Waals surface area contributed by atoms with E-state index in [1.807, 2.05) is 6.92 Å². The normalized spacial score (nSPS) is 16.1. The minimum absolute atomic E-state index is 0.122. The summed E-state index contributed by atoms with van der Waals surface area (Å²) in [5.74, 6) is -0.465. The molecule has 1 aromatic heterocycles. The first-order valence-corrected chi connectivity index (χ1v) is 9.36. The molecule has 0 bridgehead atoms. The van der Waals surface area contributed by atoms with Gasteiger partial charge in [0.2, 0.25) is 0 Å². The molecular weight excluding hydrogens is 331 g/mol. The summed E-state index contributed by atoms with van der Waals surface area (Å²) < 4.78 is 13.4. The summed E-state index contributed by atoms with van der Waals surface area (Å²) >= 11 is 0. The first-order chi connectivity index (χ1) is 12.6. The number of rotatable bonds is 6. The van der Waals surface area contributed by atoms with E-state index in [9.17, 15) is 9.18 Å². The Morgan fingerprint density at radius 1 is 1.19 bits per heavy atom. The molecule has 2 heterocycles. The lowest BCUT2D eigenvalue weighted by Gasteiger charge is -2.33. The maximum Gasteiger partial charge on any atom is 0.252 e. The average Bonchev–Trinajstić information content (AvgIpc) is 2.64. The lowest BCUT2D eigenvalue weighted by molar-refractivity contribution is 0.0949. The van der Waals surface area contributed by atoms with Crippen LogP contribution in [-0.4, -0.2) is 66.5 Å². The highest BCUT2D eigenvalue weighted by Crippen LogP contribution is 2.19. The van der Waals surface area contributed by atoms with Gasteiger partial charge in [-0.3, -0.25) is 9.78 Å². The van der Waals surface area contributed by atoms with Crippen molar-refractivity contribution in [3.05, 3.63) is 41.3 Å². The van der Waals surface area contributed by atoms with E-state index in [-0.39, 0.29) is 11.7 Å². The molecule has 0 atom stereocenters. The second-order valence-corrected chi connectivity index (χ2v) is 6.86. The fourth-order valence-corrected chi connectivity index (χ4v) is 3.45. The number of halogens is 1. The van der Waals surface area contributed by atoms with E-state index in [1.165, 1.54) is 12.1 Å². The van der Waals surface area contributed by atoms with Gasteiger partial charge in [-0.2, -0.15) is 0 Å². The molecule has 1 aliphatic rings. The number of hydrogen-bond acceptors (Lipinski definition) is 4. The minimum atomic E-state index is -0.342. The fraction of sp³-hybridized carbons (Fsp3) is 0.500. The summed E-state index contributed by atoms with van der Waals surface area (Å²) in [6, 6.07) is 6.12. The van der Waals surface area contributed by atoms with Crippen molar-refractivity contribution in [1.82, 2.24) is 20.1 Å². The van der Waals surface area contributed by atoms with Crippen LogP contribution in [0.15, 0.2) is 24.3 Å². The number of benzene rings is 1.